The number of aliphatic hydroxyl groups is 2. The minimum atomic E-state index is -0.694. The number of amides is 1. The number of nitrogens with one attached hydrogen (secondary N) is 1. The molecule has 3 unspecified atom stereocenters. The van der Waals surface area contributed by atoms with Gasteiger partial charge in [-0.05, 0) is 25.8 Å². The first-order valence-electron chi connectivity index (χ1n) is 7.46. The molecule has 0 bridgehead atoms. The molecule has 1 saturated heterocycles. The van der Waals surface area contributed by atoms with Crippen molar-refractivity contribution >= 4 is 5.91 Å². The summed E-state index contributed by atoms with van der Waals surface area (Å²) < 4.78 is 0. The van der Waals surface area contributed by atoms with Gasteiger partial charge in [0, 0.05) is 13.1 Å². The molecule has 3 atom stereocenters. The summed E-state index contributed by atoms with van der Waals surface area (Å²) in [6, 6.07) is 7.33. The van der Waals surface area contributed by atoms with Gasteiger partial charge in [-0.1, -0.05) is 29.8 Å². The Labute approximate surface area is 125 Å². The highest BCUT2D eigenvalue weighted by molar-refractivity contribution is 5.82. The number of rotatable bonds is 5. The zero-order valence-corrected chi connectivity index (χ0v) is 12.6. The number of carbonyl (C=O) groups is 1. The first-order valence-corrected chi connectivity index (χ1v) is 7.46. The fourth-order valence-corrected chi connectivity index (χ4v) is 2.60. The lowest BCUT2D eigenvalue weighted by Gasteiger charge is -2.26. The number of β-amino-alcohol motifs (C(OH)–C–C–N with tert-alkyl or cyclic N) is 1. The quantitative estimate of drug-likeness (QED) is 0.743. The highest BCUT2D eigenvalue weighted by Crippen LogP contribution is 2.17. The molecule has 5 nitrogen and oxygen atoms in total. The molecule has 21 heavy (non-hydrogen) atoms. The Morgan fingerprint density at radius 3 is 2.62 bits per heavy atom. The number of likely N-dealkylation sites (N-methyl/N-ethyl adjacent to an activating group) is 1. The molecule has 0 aromatic heterocycles. The third kappa shape index (κ3) is 4.03. The lowest BCUT2D eigenvalue weighted by molar-refractivity contribution is -0.134. The lowest BCUT2D eigenvalue weighted by atomic mass is 10.1. The standard InChI is InChI=1S/C16H24N2O3/c1-3-18(16(21)14-8-13(19)9-17-14)10-15(20)12-6-4-11(2)5-7-12/h4-7,13-15,17,19-20H,3,8-10H2,1-2H3. The van der Waals surface area contributed by atoms with Crippen LogP contribution in [0.25, 0.3) is 0 Å². The van der Waals surface area contributed by atoms with Crippen LogP contribution in [0.2, 0.25) is 0 Å². The minimum absolute atomic E-state index is 0.0554. The number of hydrogen-bond donors (Lipinski definition) is 3. The predicted molar refractivity (Wildman–Crippen MR) is 80.8 cm³/mol. The molecule has 0 aliphatic carbocycles. The van der Waals surface area contributed by atoms with E-state index in [2.05, 4.69) is 5.32 Å². The smallest absolute Gasteiger partial charge is 0.239 e. The van der Waals surface area contributed by atoms with Crippen LogP contribution in [-0.4, -0.2) is 52.8 Å². The molecule has 0 saturated carbocycles. The SMILES string of the molecule is CCN(CC(O)c1ccc(C)cc1)C(=O)C1CC(O)CN1. The second-order valence-corrected chi connectivity index (χ2v) is 5.65. The Bertz CT molecular complexity index is 475. The normalized spacial score (nSPS) is 23.0. The molecular formula is C16H24N2O3. The molecule has 1 aliphatic heterocycles. The summed E-state index contributed by atoms with van der Waals surface area (Å²) in [7, 11) is 0. The number of hydrogen-bond acceptors (Lipinski definition) is 4. The predicted octanol–water partition coefficient (Wildman–Crippen LogP) is 0.600. The van der Waals surface area contributed by atoms with Gasteiger partial charge in [0.15, 0.2) is 0 Å². The zero-order valence-electron chi connectivity index (χ0n) is 12.6. The van der Waals surface area contributed by atoms with Crippen LogP contribution in [0, 0.1) is 6.92 Å². The molecule has 0 spiro atoms. The van der Waals surface area contributed by atoms with Crippen LogP contribution in [0.5, 0.6) is 0 Å². The van der Waals surface area contributed by atoms with Crippen LogP contribution in [0.1, 0.15) is 30.6 Å². The Morgan fingerprint density at radius 2 is 2.10 bits per heavy atom. The minimum Gasteiger partial charge on any atom is -0.392 e. The van der Waals surface area contributed by atoms with Crippen molar-refractivity contribution in [2.45, 2.75) is 38.5 Å². The van der Waals surface area contributed by atoms with Crippen LogP contribution < -0.4 is 5.32 Å². The van der Waals surface area contributed by atoms with Gasteiger partial charge in [0.25, 0.3) is 0 Å². The monoisotopic (exact) mass is 292 g/mol. The van der Waals surface area contributed by atoms with Gasteiger partial charge in [-0.15, -0.1) is 0 Å². The fourth-order valence-electron chi connectivity index (χ4n) is 2.60. The van der Waals surface area contributed by atoms with Crippen LogP contribution in [0.3, 0.4) is 0 Å². The van der Waals surface area contributed by atoms with E-state index in [9.17, 15) is 15.0 Å². The molecule has 2 rings (SSSR count). The second kappa shape index (κ2) is 7.02. The van der Waals surface area contributed by atoms with Gasteiger partial charge in [0.05, 0.1) is 24.8 Å². The highest BCUT2D eigenvalue weighted by atomic mass is 16.3. The maximum Gasteiger partial charge on any atom is 0.239 e. The summed E-state index contributed by atoms with van der Waals surface area (Å²) in [5, 5.41) is 22.8. The number of nitrogens with zero attached hydrogens (tertiary/aromatic N) is 1. The van der Waals surface area contributed by atoms with Crippen molar-refractivity contribution in [2.24, 2.45) is 0 Å². The Kier molecular flexibility index (Phi) is 5.33. The molecule has 1 amide bonds. The van der Waals surface area contributed by atoms with E-state index in [1.54, 1.807) is 4.90 Å². The van der Waals surface area contributed by atoms with Crippen molar-refractivity contribution in [3.8, 4) is 0 Å². The molecular weight excluding hydrogens is 268 g/mol. The number of aryl methyl sites for hydroxylation is 1. The van der Waals surface area contributed by atoms with Crippen molar-refractivity contribution < 1.29 is 15.0 Å². The summed E-state index contributed by atoms with van der Waals surface area (Å²) in [5.74, 6) is -0.0554. The van der Waals surface area contributed by atoms with E-state index < -0.39 is 12.2 Å². The lowest BCUT2D eigenvalue weighted by Crippen LogP contribution is -2.45. The molecule has 1 aromatic rings. The summed E-state index contributed by atoms with van der Waals surface area (Å²) in [5.41, 5.74) is 1.95. The van der Waals surface area contributed by atoms with Crippen molar-refractivity contribution in [1.82, 2.24) is 10.2 Å². The van der Waals surface area contributed by atoms with Gasteiger partial charge in [-0.3, -0.25) is 4.79 Å². The maximum absolute atomic E-state index is 12.4. The van der Waals surface area contributed by atoms with Gasteiger partial charge in [0.1, 0.15) is 0 Å². The summed E-state index contributed by atoms with van der Waals surface area (Å²) >= 11 is 0. The van der Waals surface area contributed by atoms with Crippen molar-refractivity contribution in [3.63, 3.8) is 0 Å². The third-order valence-electron chi connectivity index (χ3n) is 3.95. The Morgan fingerprint density at radius 1 is 1.43 bits per heavy atom. The van der Waals surface area contributed by atoms with Crippen molar-refractivity contribution in [3.05, 3.63) is 35.4 Å². The molecule has 5 heteroatoms. The zero-order chi connectivity index (χ0) is 15.4. The van der Waals surface area contributed by atoms with E-state index in [0.717, 1.165) is 11.1 Å². The molecule has 3 N–H and O–H groups in total. The molecule has 1 heterocycles. The highest BCUT2D eigenvalue weighted by Gasteiger charge is 2.31. The van der Waals surface area contributed by atoms with Gasteiger partial charge in [-0.2, -0.15) is 0 Å². The van der Waals surface area contributed by atoms with Crippen LogP contribution >= 0.6 is 0 Å². The van der Waals surface area contributed by atoms with E-state index >= 15 is 0 Å². The van der Waals surface area contributed by atoms with Gasteiger partial charge < -0.3 is 20.4 Å². The number of aliphatic hydroxyl groups excluding tert-OH is 2. The number of benzene rings is 1. The second-order valence-electron chi connectivity index (χ2n) is 5.65. The van der Waals surface area contributed by atoms with Crippen LogP contribution in [0.4, 0.5) is 0 Å². The van der Waals surface area contributed by atoms with Gasteiger partial charge in [0.2, 0.25) is 5.91 Å². The fraction of sp³-hybridized carbons (Fsp3) is 0.562. The molecule has 1 aromatic carbocycles. The average Bonchev–Trinajstić information content (AvgIpc) is 2.91. The van der Waals surface area contributed by atoms with E-state index in [4.69, 9.17) is 0 Å². The van der Waals surface area contributed by atoms with E-state index in [1.165, 1.54) is 0 Å². The molecule has 1 aliphatic rings. The largest absolute Gasteiger partial charge is 0.392 e. The van der Waals surface area contributed by atoms with Crippen LogP contribution in [0.15, 0.2) is 24.3 Å². The van der Waals surface area contributed by atoms with Gasteiger partial charge in [-0.25, -0.2) is 0 Å². The summed E-state index contributed by atoms with van der Waals surface area (Å²) in [6.07, 6.45) is -0.712. The Hall–Kier alpha value is -1.43. The molecule has 0 radical (unpaired) electrons. The third-order valence-corrected chi connectivity index (χ3v) is 3.95. The first kappa shape index (κ1) is 15.9. The first-order chi connectivity index (χ1) is 10.0. The van der Waals surface area contributed by atoms with E-state index in [0.29, 0.717) is 19.5 Å². The number of carbonyl (C=O) groups excluding carboxylic acids is 1. The topological polar surface area (TPSA) is 72.8 Å². The van der Waals surface area contributed by atoms with Crippen LogP contribution in [-0.2, 0) is 4.79 Å². The summed E-state index contributed by atoms with van der Waals surface area (Å²) in [4.78, 5) is 14.0. The maximum atomic E-state index is 12.4. The summed E-state index contributed by atoms with van der Waals surface area (Å²) in [6.45, 7) is 5.15. The molecule has 116 valence electrons. The van der Waals surface area contributed by atoms with Crippen molar-refractivity contribution in [1.29, 1.82) is 0 Å². The van der Waals surface area contributed by atoms with E-state index in [-0.39, 0.29) is 18.5 Å². The molecule has 1 fully saturated rings. The van der Waals surface area contributed by atoms with E-state index in [1.807, 2.05) is 38.1 Å². The average molecular weight is 292 g/mol. The Balaban J connectivity index is 1.98. The van der Waals surface area contributed by atoms with Crippen molar-refractivity contribution in [2.75, 3.05) is 19.6 Å². The van der Waals surface area contributed by atoms with Gasteiger partial charge >= 0.3 is 0 Å².